The molecule has 3 N–H and O–H groups in total. The number of carboxylic acids is 1. The monoisotopic (exact) mass is 266 g/mol. The van der Waals surface area contributed by atoms with Crippen molar-refractivity contribution in [2.75, 3.05) is 11.9 Å². The Morgan fingerprint density at radius 1 is 1.26 bits per heavy atom. The average molecular weight is 266 g/mol. The van der Waals surface area contributed by atoms with Crippen LogP contribution in [-0.2, 0) is 16.1 Å². The number of amides is 2. The van der Waals surface area contributed by atoms with Crippen LogP contribution in [0.2, 0.25) is 0 Å². The molecule has 104 valence electrons. The summed E-state index contributed by atoms with van der Waals surface area (Å²) in [5.41, 5.74) is 3.82. The Bertz CT molecular complexity index is 417. The lowest BCUT2D eigenvalue weighted by molar-refractivity contribution is -0.143. The third-order valence-electron chi connectivity index (χ3n) is 2.39. The minimum Gasteiger partial charge on any atom is -0.479 e. The maximum absolute atomic E-state index is 11.3. The predicted octanol–water partition coefficient (Wildman–Crippen LogP) is 2.17. The van der Waals surface area contributed by atoms with E-state index >= 15 is 0 Å². The highest BCUT2D eigenvalue weighted by atomic mass is 16.7. The zero-order valence-electron chi connectivity index (χ0n) is 10.8. The summed E-state index contributed by atoms with van der Waals surface area (Å²) in [6.45, 7) is 1.56. The van der Waals surface area contributed by atoms with E-state index in [2.05, 4.69) is 17.1 Å². The number of unbranched alkanes of at least 4 members (excludes halogenated alkanes) is 1. The number of nitrogens with one attached hydrogen (secondary N) is 2. The number of hydrogen-bond donors (Lipinski definition) is 3. The zero-order valence-corrected chi connectivity index (χ0v) is 10.8. The molecule has 0 spiro atoms. The highest BCUT2D eigenvalue weighted by Gasteiger charge is 2.03. The molecule has 0 fully saturated rings. The highest BCUT2D eigenvalue weighted by molar-refractivity contribution is 5.88. The molecule has 2 amide bonds. The van der Waals surface area contributed by atoms with Crippen LogP contribution in [0.25, 0.3) is 0 Å². The lowest BCUT2D eigenvalue weighted by Gasteiger charge is -2.07. The summed E-state index contributed by atoms with van der Waals surface area (Å²) in [6, 6.07) is 6.87. The number of anilines is 1. The molecule has 0 radical (unpaired) electrons. The molecule has 1 aromatic rings. The molecule has 0 saturated carbocycles. The summed E-state index contributed by atoms with van der Waals surface area (Å²) in [7, 11) is 0. The van der Waals surface area contributed by atoms with Gasteiger partial charge in [0.05, 0.1) is 0 Å². The van der Waals surface area contributed by atoms with Gasteiger partial charge in [0.15, 0.2) is 6.61 Å². The number of carbonyl (C=O) groups excluding carboxylic acids is 1. The number of aliphatic carboxylic acids is 1. The fourth-order valence-electron chi connectivity index (χ4n) is 1.46. The van der Waals surface area contributed by atoms with E-state index in [9.17, 15) is 9.59 Å². The number of rotatable bonds is 7. The number of carbonyl (C=O) groups is 2. The molecule has 0 saturated heterocycles. The van der Waals surface area contributed by atoms with E-state index in [1.807, 2.05) is 17.6 Å². The van der Waals surface area contributed by atoms with Gasteiger partial charge in [0.2, 0.25) is 0 Å². The fourth-order valence-corrected chi connectivity index (χ4v) is 1.46. The standard InChI is InChI=1S/C13H18N2O4/c1-2-3-4-10-5-7-11(8-6-10)14-13(18)15-19-9-12(16)17/h5-8H,2-4,9H2,1H3,(H,16,17)(H2,14,15,18). The Hall–Kier alpha value is -2.08. The molecule has 1 aromatic carbocycles. The number of hydroxylamine groups is 1. The van der Waals surface area contributed by atoms with Crippen molar-refractivity contribution in [2.45, 2.75) is 26.2 Å². The Morgan fingerprint density at radius 3 is 2.53 bits per heavy atom. The van der Waals surface area contributed by atoms with Gasteiger partial charge in [-0.2, -0.15) is 0 Å². The van der Waals surface area contributed by atoms with Crippen LogP contribution in [-0.4, -0.2) is 23.7 Å². The number of carboxylic acid groups (broad SMARTS) is 1. The van der Waals surface area contributed by atoms with Crippen LogP contribution in [0.15, 0.2) is 24.3 Å². The van der Waals surface area contributed by atoms with Crippen molar-refractivity contribution >= 4 is 17.7 Å². The van der Waals surface area contributed by atoms with Crippen molar-refractivity contribution in [3.8, 4) is 0 Å². The first-order chi connectivity index (χ1) is 9.11. The first-order valence-corrected chi connectivity index (χ1v) is 6.11. The Labute approximate surface area is 111 Å². The first-order valence-electron chi connectivity index (χ1n) is 6.11. The Kier molecular flexibility index (Phi) is 6.38. The lowest BCUT2D eigenvalue weighted by atomic mass is 10.1. The molecule has 0 heterocycles. The summed E-state index contributed by atoms with van der Waals surface area (Å²) in [6.07, 6.45) is 3.30. The van der Waals surface area contributed by atoms with Crippen molar-refractivity contribution in [3.63, 3.8) is 0 Å². The van der Waals surface area contributed by atoms with Gasteiger partial charge in [-0.15, -0.1) is 0 Å². The minimum atomic E-state index is -1.15. The maximum Gasteiger partial charge on any atom is 0.343 e. The molecule has 0 atom stereocenters. The predicted molar refractivity (Wildman–Crippen MR) is 70.8 cm³/mol. The van der Waals surface area contributed by atoms with Crippen LogP contribution >= 0.6 is 0 Å². The van der Waals surface area contributed by atoms with Gasteiger partial charge in [-0.3, -0.25) is 4.84 Å². The molecule has 6 nitrogen and oxygen atoms in total. The van der Waals surface area contributed by atoms with E-state index in [0.29, 0.717) is 5.69 Å². The number of benzene rings is 1. The van der Waals surface area contributed by atoms with Crippen molar-refractivity contribution in [1.29, 1.82) is 0 Å². The molecular weight excluding hydrogens is 248 g/mol. The third-order valence-corrected chi connectivity index (χ3v) is 2.39. The molecular formula is C13H18N2O4. The lowest BCUT2D eigenvalue weighted by Crippen LogP contribution is -2.30. The SMILES string of the molecule is CCCCc1ccc(NC(=O)NOCC(=O)O)cc1. The Morgan fingerprint density at radius 2 is 1.95 bits per heavy atom. The average Bonchev–Trinajstić information content (AvgIpc) is 2.37. The topological polar surface area (TPSA) is 87.7 Å². The normalized spacial score (nSPS) is 9.95. The van der Waals surface area contributed by atoms with Gasteiger partial charge in [0, 0.05) is 5.69 Å². The van der Waals surface area contributed by atoms with Crippen LogP contribution in [0, 0.1) is 0 Å². The van der Waals surface area contributed by atoms with Crippen molar-refractivity contribution in [1.82, 2.24) is 5.48 Å². The molecule has 0 aliphatic carbocycles. The van der Waals surface area contributed by atoms with Gasteiger partial charge in [0.1, 0.15) is 0 Å². The van der Waals surface area contributed by atoms with Gasteiger partial charge >= 0.3 is 12.0 Å². The first kappa shape index (κ1) is 15.0. The summed E-state index contributed by atoms with van der Waals surface area (Å²) in [4.78, 5) is 25.9. The smallest absolute Gasteiger partial charge is 0.343 e. The van der Waals surface area contributed by atoms with E-state index in [1.54, 1.807) is 12.1 Å². The summed E-state index contributed by atoms with van der Waals surface area (Å²) in [5.74, 6) is -1.15. The Balaban J connectivity index is 2.35. The second kappa shape index (κ2) is 8.10. The number of urea groups is 1. The summed E-state index contributed by atoms with van der Waals surface area (Å²) < 4.78 is 0. The quantitative estimate of drug-likeness (QED) is 0.660. The van der Waals surface area contributed by atoms with Crippen LogP contribution < -0.4 is 10.8 Å². The van der Waals surface area contributed by atoms with Crippen LogP contribution in [0.1, 0.15) is 25.3 Å². The molecule has 0 bridgehead atoms. The molecule has 0 aromatic heterocycles. The maximum atomic E-state index is 11.3. The fraction of sp³-hybridized carbons (Fsp3) is 0.385. The summed E-state index contributed by atoms with van der Waals surface area (Å²) >= 11 is 0. The van der Waals surface area contributed by atoms with E-state index in [4.69, 9.17) is 5.11 Å². The van der Waals surface area contributed by atoms with E-state index in [-0.39, 0.29) is 0 Å². The second-order valence-electron chi connectivity index (χ2n) is 4.04. The van der Waals surface area contributed by atoms with Gasteiger partial charge in [-0.25, -0.2) is 15.1 Å². The second-order valence-corrected chi connectivity index (χ2v) is 4.04. The molecule has 0 aliphatic rings. The molecule has 19 heavy (non-hydrogen) atoms. The minimum absolute atomic E-state index is 0.580. The van der Waals surface area contributed by atoms with Gasteiger partial charge in [-0.05, 0) is 30.5 Å². The van der Waals surface area contributed by atoms with Crippen molar-refractivity contribution in [3.05, 3.63) is 29.8 Å². The van der Waals surface area contributed by atoms with E-state index in [0.717, 1.165) is 19.3 Å². The summed E-state index contributed by atoms with van der Waals surface area (Å²) in [5, 5.41) is 10.9. The van der Waals surface area contributed by atoms with Gasteiger partial charge in [-0.1, -0.05) is 25.5 Å². The molecule has 6 heteroatoms. The van der Waals surface area contributed by atoms with Gasteiger partial charge < -0.3 is 10.4 Å². The molecule has 0 unspecified atom stereocenters. The van der Waals surface area contributed by atoms with Crippen LogP contribution in [0.4, 0.5) is 10.5 Å². The highest BCUT2D eigenvalue weighted by Crippen LogP contribution is 2.11. The van der Waals surface area contributed by atoms with Crippen molar-refractivity contribution in [2.24, 2.45) is 0 Å². The molecule has 0 aliphatic heterocycles. The van der Waals surface area contributed by atoms with Crippen molar-refractivity contribution < 1.29 is 19.5 Å². The van der Waals surface area contributed by atoms with E-state index in [1.165, 1.54) is 5.56 Å². The van der Waals surface area contributed by atoms with E-state index < -0.39 is 18.6 Å². The van der Waals surface area contributed by atoms with Crippen LogP contribution in [0.5, 0.6) is 0 Å². The largest absolute Gasteiger partial charge is 0.479 e. The number of aryl methyl sites for hydroxylation is 1. The third kappa shape index (κ3) is 6.42. The number of hydrogen-bond acceptors (Lipinski definition) is 3. The molecule has 1 rings (SSSR count). The van der Waals surface area contributed by atoms with Gasteiger partial charge in [0.25, 0.3) is 0 Å². The zero-order chi connectivity index (χ0) is 14.1. The van der Waals surface area contributed by atoms with Crippen LogP contribution in [0.3, 0.4) is 0 Å².